The highest BCUT2D eigenvalue weighted by Crippen LogP contribution is 2.02. The summed E-state index contributed by atoms with van der Waals surface area (Å²) in [6.45, 7) is 8.28. The Bertz CT molecular complexity index is 343. The molecule has 86 valence electrons. The number of rotatable bonds is 4. The van der Waals surface area contributed by atoms with Crippen LogP contribution in [0.1, 0.15) is 38.8 Å². The SMILES string of the molecule is CC(C)N=Cc1cccc(C=NC(C)C)c1. The van der Waals surface area contributed by atoms with E-state index in [0.29, 0.717) is 12.1 Å². The minimum absolute atomic E-state index is 0.341. The molecule has 1 aromatic rings. The molecule has 2 heteroatoms. The van der Waals surface area contributed by atoms with Gasteiger partial charge in [0.15, 0.2) is 0 Å². The fourth-order valence-corrected chi connectivity index (χ4v) is 1.19. The van der Waals surface area contributed by atoms with Crippen molar-refractivity contribution in [3.05, 3.63) is 35.4 Å². The van der Waals surface area contributed by atoms with Gasteiger partial charge in [0.1, 0.15) is 0 Å². The zero-order valence-corrected chi connectivity index (χ0v) is 10.5. The maximum atomic E-state index is 4.36. The van der Waals surface area contributed by atoms with E-state index < -0.39 is 0 Å². The summed E-state index contributed by atoms with van der Waals surface area (Å²) in [6.07, 6.45) is 3.83. The van der Waals surface area contributed by atoms with E-state index in [-0.39, 0.29) is 0 Å². The van der Waals surface area contributed by atoms with Crippen LogP contribution in [0.25, 0.3) is 0 Å². The van der Waals surface area contributed by atoms with Gasteiger partial charge in [-0.3, -0.25) is 9.98 Å². The van der Waals surface area contributed by atoms with Crippen LogP contribution in [0.15, 0.2) is 34.3 Å². The molecule has 1 rings (SSSR count). The summed E-state index contributed by atoms with van der Waals surface area (Å²) >= 11 is 0. The Morgan fingerprint density at radius 2 is 1.31 bits per heavy atom. The molecule has 0 aliphatic rings. The smallest absolute Gasteiger partial charge is 0.0443 e. The van der Waals surface area contributed by atoms with Crippen molar-refractivity contribution < 1.29 is 0 Å². The van der Waals surface area contributed by atoms with Crippen LogP contribution in [0.5, 0.6) is 0 Å². The maximum Gasteiger partial charge on any atom is 0.0443 e. The average Bonchev–Trinajstić information content (AvgIpc) is 2.24. The van der Waals surface area contributed by atoms with Crippen LogP contribution in [0.2, 0.25) is 0 Å². The molecule has 0 saturated carbocycles. The predicted molar refractivity (Wildman–Crippen MR) is 71.9 cm³/mol. The van der Waals surface area contributed by atoms with Crippen LogP contribution in [-0.2, 0) is 0 Å². The van der Waals surface area contributed by atoms with Gasteiger partial charge in [0.2, 0.25) is 0 Å². The van der Waals surface area contributed by atoms with E-state index in [1.165, 1.54) is 0 Å². The van der Waals surface area contributed by atoms with Crippen LogP contribution < -0.4 is 0 Å². The summed E-state index contributed by atoms with van der Waals surface area (Å²) < 4.78 is 0. The van der Waals surface area contributed by atoms with Crippen LogP contribution in [0, 0.1) is 0 Å². The first-order valence-electron chi connectivity index (χ1n) is 5.74. The van der Waals surface area contributed by atoms with Gasteiger partial charge in [0.25, 0.3) is 0 Å². The average molecular weight is 216 g/mol. The lowest BCUT2D eigenvalue weighted by molar-refractivity contribution is 0.841. The number of nitrogens with zero attached hydrogens (tertiary/aromatic N) is 2. The molecule has 0 aliphatic heterocycles. The van der Waals surface area contributed by atoms with E-state index in [1.807, 2.05) is 18.5 Å². The maximum absolute atomic E-state index is 4.36. The summed E-state index contributed by atoms with van der Waals surface area (Å²) in [4.78, 5) is 8.72. The van der Waals surface area contributed by atoms with E-state index >= 15 is 0 Å². The zero-order chi connectivity index (χ0) is 12.0. The summed E-state index contributed by atoms with van der Waals surface area (Å²) in [7, 11) is 0. The lowest BCUT2D eigenvalue weighted by Crippen LogP contribution is -1.93. The number of hydrogen-bond donors (Lipinski definition) is 0. The van der Waals surface area contributed by atoms with Gasteiger partial charge in [-0.05, 0) is 44.9 Å². The minimum atomic E-state index is 0.341. The molecule has 1 aromatic carbocycles. The Labute approximate surface area is 98.1 Å². The molecule has 0 aromatic heterocycles. The van der Waals surface area contributed by atoms with Gasteiger partial charge >= 0.3 is 0 Å². The fourth-order valence-electron chi connectivity index (χ4n) is 1.19. The molecular weight excluding hydrogens is 196 g/mol. The van der Waals surface area contributed by atoms with E-state index in [1.54, 1.807) is 0 Å². The van der Waals surface area contributed by atoms with Crippen molar-refractivity contribution in [2.24, 2.45) is 9.98 Å². The fraction of sp³-hybridized carbons (Fsp3) is 0.429. The van der Waals surface area contributed by atoms with Gasteiger partial charge in [-0.1, -0.05) is 18.2 Å². The Kier molecular flexibility index (Phi) is 4.90. The van der Waals surface area contributed by atoms with Crippen molar-refractivity contribution in [1.82, 2.24) is 0 Å². The first-order chi connectivity index (χ1) is 7.58. The second-order valence-corrected chi connectivity index (χ2v) is 4.41. The molecule has 0 fully saturated rings. The molecule has 0 bridgehead atoms. The molecular formula is C14H20N2. The number of benzene rings is 1. The van der Waals surface area contributed by atoms with Crippen molar-refractivity contribution in [3.8, 4) is 0 Å². The zero-order valence-electron chi connectivity index (χ0n) is 10.5. The van der Waals surface area contributed by atoms with Gasteiger partial charge in [-0.25, -0.2) is 0 Å². The van der Waals surface area contributed by atoms with Crippen molar-refractivity contribution in [2.75, 3.05) is 0 Å². The van der Waals surface area contributed by atoms with Crippen LogP contribution >= 0.6 is 0 Å². The van der Waals surface area contributed by atoms with Crippen molar-refractivity contribution in [1.29, 1.82) is 0 Å². The molecule has 0 amide bonds. The molecule has 0 radical (unpaired) electrons. The van der Waals surface area contributed by atoms with Crippen LogP contribution in [0.4, 0.5) is 0 Å². The highest BCUT2D eigenvalue weighted by Gasteiger charge is 1.92. The minimum Gasteiger partial charge on any atom is -0.290 e. The molecule has 0 unspecified atom stereocenters. The van der Waals surface area contributed by atoms with E-state index in [2.05, 4.69) is 55.9 Å². The standard InChI is InChI=1S/C14H20N2/c1-11(2)15-9-13-6-5-7-14(8-13)10-16-12(3)4/h5-12H,1-4H3. The molecule has 0 atom stereocenters. The molecule has 0 spiro atoms. The highest BCUT2D eigenvalue weighted by atomic mass is 14.7. The molecule has 0 N–H and O–H groups in total. The third kappa shape index (κ3) is 4.87. The monoisotopic (exact) mass is 216 g/mol. The first-order valence-corrected chi connectivity index (χ1v) is 5.74. The lowest BCUT2D eigenvalue weighted by Gasteiger charge is -1.99. The Balaban J connectivity index is 2.79. The summed E-state index contributed by atoms with van der Waals surface area (Å²) in [5.74, 6) is 0. The van der Waals surface area contributed by atoms with E-state index in [9.17, 15) is 0 Å². The topological polar surface area (TPSA) is 24.7 Å². The predicted octanol–water partition coefficient (Wildman–Crippen LogP) is 3.34. The largest absolute Gasteiger partial charge is 0.290 e. The number of aliphatic imine (C=N–C) groups is 2. The van der Waals surface area contributed by atoms with Gasteiger partial charge in [-0.2, -0.15) is 0 Å². The van der Waals surface area contributed by atoms with Gasteiger partial charge in [-0.15, -0.1) is 0 Å². The second kappa shape index (κ2) is 6.21. The van der Waals surface area contributed by atoms with Crippen LogP contribution in [0.3, 0.4) is 0 Å². The van der Waals surface area contributed by atoms with Gasteiger partial charge in [0.05, 0.1) is 0 Å². The lowest BCUT2D eigenvalue weighted by atomic mass is 10.1. The quantitative estimate of drug-likeness (QED) is 0.690. The van der Waals surface area contributed by atoms with Crippen LogP contribution in [-0.4, -0.2) is 24.5 Å². The second-order valence-electron chi connectivity index (χ2n) is 4.41. The van der Waals surface area contributed by atoms with Gasteiger partial charge in [0, 0.05) is 24.5 Å². The summed E-state index contributed by atoms with van der Waals surface area (Å²) in [6, 6.07) is 8.92. The normalized spacial score (nSPS) is 12.4. The Morgan fingerprint density at radius 1 is 0.875 bits per heavy atom. The van der Waals surface area contributed by atoms with E-state index in [4.69, 9.17) is 0 Å². The molecule has 2 nitrogen and oxygen atoms in total. The Morgan fingerprint density at radius 3 is 1.69 bits per heavy atom. The molecule has 0 heterocycles. The van der Waals surface area contributed by atoms with Crippen molar-refractivity contribution in [2.45, 2.75) is 39.8 Å². The van der Waals surface area contributed by atoms with Crippen molar-refractivity contribution >= 4 is 12.4 Å². The molecule has 0 saturated heterocycles. The first kappa shape index (κ1) is 12.6. The van der Waals surface area contributed by atoms with Gasteiger partial charge < -0.3 is 0 Å². The third-order valence-electron chi connectivity index (χ3n) is 1.95. The molecule has 16 heavy (non-hydrogen) atoms. The molecule has 0 aliphatic carbocycles. The summed E-state index contributed by atoms with van der Waals surface area (Å²) in [5, 5.41) is 0. The summed E-state index contributed by atoms with van der Waals surface area (Å²) in [5.41, 5.74) is 2.25. The number of hydrogen-bond acceptors (Lipinski definition) is 2. The van der Waals surface area contributed by atoms with E-state index in [0.717, 1.165) is 11.1 Å². The Hall–Kier alpha value is -1.44. The third-order valence-corrected chi connectivity index (χ3v) is 1.95. The highest BCUT2D eigenvalue weighted by molar-refractivity contribution is 5.86. The van der Waals surface area contributed by atoms with Crippen molar-refractivity contribution in [3.63, 3.8) is 0 Å².